The fourth-order valence-corrected chi connectivity index (χ4v) is 4.94. The van der Waals surface area contributed by atoms with Crippen molar-refractivity contribution in [2.75, 3.05) is 13.1 Å². The van der Waals surface area contributed by atoms with E-state index in [2.05, 4.69) is 4.98 Å². The predicted octanol–water partition coefficient (Wildman–Crippen LogP) is 2.42. The highest BCUT2D eigenvalue weighted by molar-refractivity contribution is 7.89. The van der Waals surface area contributed by atoms with Crippen LogP contribution in [0.4, 0.5) is 0 Å². The maximum atomic E-state index is 12.7. The molecule has 0 bridgehead atoms. The van der Waals surface area contributed by atoms with Gasteiger partial charge in [0.25, 0.3) is 5.56 Å². The summed E-state index contributed by atoms with van der Waals surface area (Å²) in [4.78, 5) is 17.4. The Hall–Kier alpha value is -2.51. The molecular formula is C19H19N3O3S. The van der Waals surface area contributed by atoms with Gasteiger partial charge in [0.05, 0.1) is 22.1 Å². The standard InChI is InChI=1S/C19H19N3O3S/c23-19-17-8-4-5-9-18(17)20-14-22(19)15-10-12-21(13-11-15)26(24,25)16-6-2-1-3-7-16/h1-9,14-15H,10-13H2. The first-order valence-corrected chi connectivity index (χ1v) is 10.0. The molecule has 0 radical (unpaired) electrons. The minimum Gasteiger partial charge on any atom is -0.296 e. The predicted molar refractivity (Wildman–Crippen MR) is 99.5 cm³/mol. The molecule has 0 amide bonds. The highest BCUT2D eigenvalue weighted by atomic mass is 32.2. The van der Waals surface area contributed by atoms with Crippen molar-refractivity contribution in [2.45, 2.75) is 23.8 Å². The van der Waals surface area contributed by atoms with Gasteiger partial charge in [-0.15, -0.1) is 0 Å². The first-order chi connectivity index (χ1) is 12.6. The van der Waals surface area contributed by atoms with Gasteiger partial charge in [-0.25, -0.2) is 13.4 Å². The van der Waals surface area contributed by atoms with E-state index in [-0.39, 0.29) is 11.6 Å². The highest BCUT2D eigenvalue weighted by Crippen LogP contribution is 2.26. The smallest absolute Gasteiger partial charge is 0.261 e. The van der Waals surface area contributed by atoms with Crippen LogP contribution in [0, 0.1) is 0 Å². The Morgan fingerprint density at radius 3 is 2.31 bits per heavy atom. The second-order valence-electron chi connectivity index (χ2n) is 6.42. The Labute approximate surface area is 151 Å². The van der Waals surface area contributed by atoms with Crippen molar-refractivity contribution in [1.29, 1.82) is 0 Å². The van der Waals surface area contributed by atoms with Gasteiger partial charge in [-0.2, -0.15) is 4.31 Å². The van der Waals surface area contributed by atoms with Gasteiger partial charge < -0.3 is 0 Å². The van der Waals surface area contributed by atoms with Crippen LogP contribution in [-0.4, -0.2) is 35.4 Å². The van der Waals surface area contributed by atoms with Gasteiger partial charge in [0.2, 0.25) is 10.0 Å². The fourth-order valence-electron chi connectivity index (χ4n) is 3.45. The molecule has 2 aromatic carbocycles. The number of rotatable bonds is 3. The Bertz CT molecular complexity index is 1090. The molecule has 3 aromatic rings. The maximum absolute atomic E-state index is 12.7. The van der Waals surface area contributed by atoms with Crippen LogP contribution in [0.5, 0.6) is 0 Å². The summed E-state index contributed by atoms with van der Waals surface area (Å²) in [5.74, 6) is 0. The largest absolute Gasteiger partial charge is 0.296 e. The van der Waals surface area contributed by atoms with Crippen LogP contribution < -0.4 is 5.56 Å². The molecule has 1 aromatic heterocycles. The number of aromatic nitrogens is 2. The number of hydrogen-bond acceptors (Lipinski definition) is 4. The fraction of sp³-hybridized carbons (Fsp3) is 0.263. The molecule has 1 saturated heterocycles. The van der Waals surface area contributed by atoms with Crippen LogP contribution in [0.1, 0.15) is 18.9 Å². The minimum absolute atomic E-state index is 0.0400. The molecule has 6 nitrogen and oxygen atoms in total. The molecule has 0 N–H and O–H groups in total. The van der Waals surface area contributed by atoms with Crippen LogP contribution in [0.15, 0.2) is 70.6 Å². The van der Waals surface area contributed by atoms with E-state index in [1.54, 1.807) is 47.3 Å². The first-order valence-electron chi connectivity index (χ1n) is 8.58. The Morgan fingerprint density at radius 2 is 1.58 bits per heavy atom. The monoisotopic (exact) mass is 369 g/mol. The Balaban J connectivity index is 1.56. The molecule has 4 rings (SSSR count). The zero-order valence-corrected chi connectivity index (χ0v) is 15.0. The van der Waals surface area contributed by atoms with E-state index in [1.807, 2.05) is 18.2 Å². The quantitative estimate of drug-likeness (QED) is 0.711. The average molecular weight is 369 g/mol. The van der Waals surface area contributed by atoms with E-state index in [0.29, 0.717) is 41.7 Å². The van der Waals surface area contributed by atoms with Crippen LogP contribution in [0.25, 0.3) is 10.9 Å². The van der Waals surface area contributed by atoms with E-state index >= 15 is 0 Å². The van der Waals surface area contributed by atoms with Crippen molar-refractivity contribution >= 4 is 20.9 Å². The normalized spacial score (nSPS) is 16.8. The molecule has 26 heavy (non-hydrogen) atoms. The first kappa shape index (κ1) is 16.9. The van der Waals surface area contributed by atoms with E-state index in [0.717, 1.165) is 0 Å². The van der Waals surface area contributed by atoms with Crippen LogP contribution in [0.3, 0.4) is 0 Å². The van der Waals surface area contributed by atoms with Gasteiger partial charge in [0, 0.05) is 19.1 Å². The van der Waals surface area contributed by atoms with E-state index in [1.165, 1.54) is 4.31 Å². The molecule has 1 aliphatic heterocycles. The van der Waals surface area contributed by atoms with Crippen molar-refractivity contribution in [3.63, 3.8) is 0 Å². The SMILES string of the molecule is O=c1c2ccccc2ncn1C1CCN(S(=O)(=O)c2ccccc2)CC1. The summed E-state index contributed by atoms with van der Waals surface area (Å²) in [5.41, 5.74) is 0.609. The van der Waals surface area contributed by atoms with Crippen LogP contribution in [0.2, 0.25) is 0 Å². The molecule has 1 aliphatic rings. The van der Waals surface area contributed by atoms with E-state index in [9.17, 15) is 13.2 Å². The Kier molecular flexibility index (Phi) is 4.34. The third-order valence-corrected chi connectivity index (χ3v) is 6.80. The lowest BCUT2D eigenvalue weighted by molar-refractivity contribution is 0.269. The summed E-state index contributed by atoms with van der Waals surface area (Å²) in [7, 11) is -3.48. The summed E-state index contributed by atoms with van der Waals surface area (Å²) in [6.45, 7) is 0.780. The molecule has 134 valence electrons. The lowest BCUT2D eigenvalue weighted by Gasteiger charge is -2.32. The second-order valence-corrected chi connectivity index (χ2v) is 8.36. The van der Waals surface area contributed by atoms with Crippen molar-refractivity contribution in [3.8, 4) is 0 Å². The summed E-state index contributed by atoms with van der Waals surface area (Å²) in [6, 6.07) is 15.7. The van der Waals surface area contributed by atoms with E-state index < -0.39 is 10.0 Å². The van der Waals surface area contributed by atoms with E-state index in [4.69, 9.17) is 0 Å². The molecule has 1 fully saturated rings. The summed E-state index contributed by atoms with van der Waals surface area (Å²) < 4.78 is 28.6. The molecule has 0 spiro atoms. The molecule has 0 aliphatic carbocycles. The zero-order valence-electron chi connectivity index (χ0n) is 14.2. The van der Waals surface area contributed by atoms with Crippen LogP contribution >= 0.6 is 0 Å². The number of piperidine rings is 1. The molecular weight excluding hydrogens is 350 g/mol. The number of fused-ring (bicyclic) bond motifs is 1. The minimum atomic E-state index is -3.48. The highest BCUT2D eigenvalue weighted by Gasteiger charge is 2.30. The summed E-state index contributed by atoms with van der Waals surface area (Å²) in [6.07, 6.45) is 2.76. The van der Waals surface area contributed by atoms with Gasteiger partial charge in [-0.1, -0.05) is 30.3 Å². The van der Waals surface area contributed by atoms with Crippen molar-refractivity contribution < 1.29 is 8.42 Å². The topological polar surface area (TPSA) is 72.3 Å². The van der Waals surface area contributed by atoms with Crippen LogP contribution in [-0.2, 0) is 10.0 Å². The third kappa shape index (κ3) is 2.93. The maximum Gasteiger partial charge on any atom is 0.261 e. The van der Waals surface area contributed by atoms with Gasteiger partial charge >= 0.3 is 0 Å². The number of nitrogens with zero attached hydrogens (tertiary/aromatic N) is 3. The second kappa shape index (κ2) is 6.66. The molecule has 2 heterocycles. The summed E-state index contributed by atoms with van der Waals surface area (Å²) >= 11 is 0. The van der Waals surface area contributed by atoms with Gasteiger partial charge in [-0.05, 0) is 37.1 Å². The van der Waals surface area contributed by atoms with Gasteiger partial charge in [0.15, 0.2) is 0 Å². The lowest BCUT2D eigenvalue weighted by Crippen LogP contribution is -2.40. The number of benzene rings is 2. The molecule has 0 atom stereocenters. The van der Waals surface area contributed by atoms with Gasteiger partial charge in [0.1, 0.15) is 0 Å². The molecule has 7 heteroatoms. The third-order valence-electron chi connectivity index (χ3n) is 4.89. The average Bonchev–Trinajstić information content (AvgIpc) is 2.69. The van der Waals surface area contributed by atoms with Crippen molar-refractivity contribution in [1.82, 2.24) is 13.9 Å². The molecule has 0 unspecified atom stereocenters. The zero-order chi connectivity index (χ0) is 18.1. The summed E-state index contributed by atoms with van der Waals surface area (Å²) in [5, 5.41) is 0.592. The lowest BCUT2D eigenvalue weighted by atomic mass is 10.1. The van der Waals surface area contributed by atoms with Gasteiger partial charge in [-0.3, -0.25) is 9.36 Å². The Morgan fingerprint density at radius 1 is 0.923 bits per heavy atom. The number of sulfonamides is 1. The van der Waals surface area contributed by atoms with Crippen molar-refractivity contribution in [2.24, 2.45) is 0 Å². The van der Waals surface area contributed by atoms with Crippen molar-refractivity contribution in [3.05, 3.63) is 71.3 Å². The number of para-hydroxylation sites is 1. The molecule has 0 saturated carbocycles. The number of hydrogen-bond donors (Lipinski definition) is 0.